The molecule has 0 radical (unpaired) electrons. The molecule has 9 aromatic carbocycles. The second-order valence-electron chi connectivity index (χ2n) is 17.7. The van der Waals surface area contributed by atoms with E-state index < -0.39 is 0 Å². The molecule has 0 spiro atoms. The third-order valence-electron chi connectivity index (χ3n) is 13.5. The fraction of sp³-hybridized carbons (Fsp3) is 0.100. The number of fused-ring (bicyclic) bond motifs is 6. The number of hydrogen-bond donors (Lipinski definition) is 0. The predicted octanol–water partition coefficient (Wildman–Crippen LogP) is 16.4. The van der Waals surface area contributed by atoms with Gasteiger partial charge in [-0.25, -0.2) is 0 Å². The summed E-state index contributed by atoms with van der Waals surface area (Å²) >= 11 is 0. The van der Waals surface area contributed by atoms with E-state index >= 15 is 0 Å². The van der Waals surface area contributed by atoms with Gasteiger partial charge in [0.1, 0.15) is 0 Å². The normalized spacial score (nSPS) is 13.8. The largest absolute Gasteiger partial charge is 0.310 e. The van der Waals surface area contributed by atoms with E-state index in [0.717, 1.165) is 11.4 Å². The van der Waals surface area contributed by atoms with E-state index in [1.807, 2.05) is 0 Å². The van der Waals surface area contributed by atoms with Gasteiger partial charge in [0.2, 0.25) is 0 Å². The first-order valence-corrected chi connectivity index (χ1v) is 21.5. The topological polar surface area (TPSA) is 3.24 Å². The van der Waals surface area contributed by atoms with E-state index in [0.29, 0.717) is 0 Å². The van der Waals surface area contributed by atoms with E-state index in [4.69, 9.17) is 0 Å². The van der Waals surface area contributed by atoms with Gasteiger partial charge < -0.3 is 4.90 Å². The number of nitrogens with zero attached hydrogens (tertiary/aromatic N) is 1. The molecular formula is C60H47N. The van der Waals surface area contributed by atoms with Gasteiger partial charge >= 0.3 is 0 Å². The number of hydrogen-bond acceptors (Lipinski definition) is 1. The van der Waals surface area contributed by atoms with Crippen molar-refractivity contribution in [3.05, 3.63) is 235 Å². The molecule has 0 fully saturated rings. The van der Waals surface area contributed by atoms with Gasteiger partial charge in [-0.2, -0.15) is 0 Å². The van der Waals surface area contributed by atoms with Gasteiger partial charge in [-0.05, 0) is 114 Å². The molecule has 0 aliphatic heterocycles. The molecule has 0 saturated carbocycles. The average Bonchev–Trinajstić information content (AvgIpc) is 3.69. The molecule has 0 bridgehead atoms. The summed E-state index contributed by atoms with van der Waals surface area (Å²) in [4.78, 5) is 2.59. The minimum atomic E-state index is -0.236. The zero-order chi connectivity index (χ0) is 41.3. The summed E-state index contributed by atoms with van der Waals surface area (Å²) in [6, 6.07) is 78.6. The summed E-state index contributed by atoms with van der Waals surface area (Å²) < 4.78 is 0. The molecule has 292 valence electrons. The van der Waals surface area contributed by atoms with Crippen LogP contribution in [-0.4, -0.2) is 0 Å². The van der Waals surface area contributed by atoms with Crippen molar-refractivity contribution < 1.29 is 0 Å². The van der Waals surface area contributed by atoms with Gasteiger partial charge in [0.05, 0.1) is 11.4 Å². The van der Waals surface area contributed by atoms with Crippen LogP contribution in [0.2, 0.25) is 0 Å². The Bertz CT molecular complexity index is 3120. The van der Waals surface area contributed by atoms with Crippen molar-refractivity contribution in [1.29, 1.82) is 0 Å². The average molecular weight is 782 g/mol. The summed E-state index contributed by atoms with van der Waals surface area (Å²) in [6.45, 7) is 9.60. The Morgan fingerprint density at radius 2 is 0.787 bits per heavy atom. The fourth-order valence-electron chi connectivity index (χ4n) is 10.5. The molecule has 11 rings (SSSR count). The highest BCUT2D eigenvalue weighted by molar-refractivity contribution is 6.03. The maximum Gasteiger partial charge on any atom is 0.0546 e. The van der Waals surface area contributed by atoms with Crippen molar-refractivity contribution in [1.82, 2.24) is 0 Å². The van der Waals surface area contributed by atoms with Crippen molar-refractivity contribution in [2.45, 2.75) is 38.5 Å². The van der Waals surface area contributed by atoms with Crippen LogP contribution in [-0.2, 0) is 10.8 Å². The smallest absolute Gasteiger partial charge is 0.0546 e. The molecule has 0 saturated heterocycles. The number of rotatable bonds is 7. The third kappa shape index (κ3) is 5.83. The van der Waals surface area contributed by atoms with Crippen molar-refractivity contribution in [2.75, 3.05) is 4.90 Å². The molecule has 0 heterocycles. The number of benzene rings is 9. The minimum Gasteiger partial charge on any atom is -0.310 e. The first kappa shape index (κ1) is 36.8. The molecule has 0 amide bonds. The molecule has 0 atom stereocenters. The summed E-state index contributed by atoms with van der Waals surface area (Å²) in [5.74, 6) is 0. The molecule has 0 unspecified atom stereocenters. The van der Waals surface area contributed by atoms with Gasteiger partial charge in [-0.15, -0.1) is 0 Å². The predicted molar refractivity (Wildman–Crippen MR) is 258 cm³/mol. The van der Waals surface area contributed by atoms with Crippen molar-refractivity contribution >= 4 is 17.1 Å². The lowest BCUT2D eigenvalue weighted by atomic mass is 9.80. The lowest BCUT2D eigenvalue weighted by Crippen LogP contribution is -2.22. The van der Waals surface area contributed by atoms with Gasteiger partial charge in [-0.3, -0.25) is 0 Å². The van der Waals surface area contributed by atoms with E-state index in [2.05, 4.69) is 245 Å². The van der Waals surface area contributed by atoms with E-state index in [-0.39, 0.29) is 10.8 Å². The molecular weight excluding hydrogens is 735 g/mol. The van der Waals surface area contributed by atoms with E-state index in [1.54, 1.807) is 0 Å². The Labute approximate surface area is 360 Å². The Morgan fingerprint density at radius 1 is 0.295 bits per heavy atom. The zero-order valence-electron chi connectivity index (χ0n) is 35.2. The first-order chi connectivity index (χ1) is 29.8. The lowest BCUT2D eigenvalue weighted by molar-refractivity contribution is 0.659. The summed E-state index contributed by atoms with van der Waals surface area (Å²) in [6.07, 6.45) is 0. The molecule has 9 aromatic rings. The summed E-state index contributed by atoms with van der Waals surface area (Å²) in [7, 11) is 0. The lowest BCUT2D eigenvalue weighted by Gasteiger charge is -2.35. The molecule has 61 heavy (non-hydrogen) atoms. The second kappa shape index (κ2) is 14.2. The molecule has 0 aromatic heterocycles. The summed E-state index contributed by atoms with van der Waals surface area (Å²) in [5, 5.41) is 0. The van der Waals surface area contributed by atoms with Crippen LogP contribution in [0.5, 0.6) is 0 Å². The minimum absolute atomic E-state index is 0.222. The van der Waals surface area contributed by atoms with Crippen LogP contribution in [0.25, 0.3) is 66.8 Å². The molecule has 0 N–H and O–H groups in total. The van der Waals surface area contributed by atoms with E-state index in [9.17, 15) is 0 Å². The van der Waals surface area contributed by atoms with Gasteiger partial charge in [0, 0.05) is 22.1 Å². The van der Waals surface area contributed by atoms with Gasteiger partial charge in [-0.1, -0.05) is 210 Å². The highest BCUT2D eigenvalue weighted by Crippen LogP contribution is 2.57. The van der Waals surface area contributed by atoms with Crippen LogP contribution in [0, 0.1) is 0 Å². The molecule has 1 nitrogen and oxygen atoms in total. The van der Waals surface area contributed by atoms with Crippen LogP contribution in [0.4, 0.5) is 17.1 Å². The maximum absolute atomic E-state index is 2.59. The van der Waals surface area contributed by atoms with Crippen molar-refractivity contribution in [2.24, 2.45) is 0 Å². The van der Waals surface area contributed by atoms with Crippen LogP contribution >= 0.6 is 0 Å². The Kier molecular flexibility index (Phi) is 8.58. The van der Waals surface area contributed by atoms with Gasteiger partial charge in [0.15, 0.2) is 0 Å². The Morgan fingerprint density at radius 3 is 1.48 bits per heavy atom. The molecule has 2 aliphatic carbocycles. The Hall–Kier alpha value is -7.22. The summed E-state index contributed by atoms with van der Waals surface area (Å²) in [5.41, 5.74) is 23.4. The van der Waals surface area contributed by atoms with Crippen molar-refractivity contribution in [3.8, 4) is 66.8 Å². The highest BCUT2D eigenvalue weighted by Gasteiger charge is 2.40. The third-order valence-corrected chi connectivity index (χ3v) is 13.5. The maximum atomic E-state index is 2.59. The van der Waals surface area contributed by atoms with Gasteiger partial charge in [0.25, 0.3) is 0 Å². The van der Waals surface area contributed by atoms with E-state index in [1.165, 1.54) is 94.7 Å². The van der Waals surface area contributed by atoms with Crippen molar-refractivity contribution in [3.63, 3.8) is 0 Å². The SMILES string of the molecule is CC1(C)c2cc(-c3ccccc3)ccc2-c2ccc(N(c3cccc(-c4ccccc4)c3-c3ccccc3-c3ccccc3)c3cccc4c3C(C)(C)c3ccccc3-4)cc21. The van der Waals surface area contributed by atoms with Crippen LogP contribution in [0.3, 0.4) is 0 Å². The zero-order valence-corrected chi connectivity index (χ0v) is 35.2. The van der Waals surface area contributed by atoms with Crippen LogP contribution < -0.4 is 4.90 Å². The second-order valence-corrected chi connectivity index (χ2v) is 17.7. The standard InChI is InChI=1S/C60H47N/c1-59(2)53-38-43(40-20-8-5-9-21-40)34-36-48(53)49-37-35-44(39-54(49)59)61(56-33-19-30-51-47-27-16-17-31-52(47)60(3,4)58(51)56)55-32-18-29-46(42-24-12-7-13-25-42)57(55)50-28-15-14-26-45(50)41-22-10-6-11-23-41/h5-39H,1-4H3. The molecule has 2 aliphatic rings. The first-order valence-electron chi connectivity index (χ1n) is 21.5. The highest BCUT2D eigenvalue weighted by atomic mass is 15.1. The quantitative estimate of drug-likeness (QED) is 0.156. The van der Waals surface area contributed by atoms with Crippen LogP contribution in [0.1, 0.15) is 49.9 Å². The monoisotopic (exact) mass is 781 g/mol. The Balaban J connectivity index is 1.20. The fourth-order valence-corrected chi connectivity index (χ4v) is 10.5. The van der Waals surface area contributed by atoms with Crippen LogP contribution in [0.15, 0.2) is 212 Å². The molecule has 1 heteroatoms. The number of anilines is 3.